The number of ether oxygens (including phenoxy) is 3. The van der Waals surface area contributed by atoms with Gasteiger partial charge >= 0.3 is 11.9 Å². The van der Waals surface area contributed by atoms with Gasteiger partial charge in [-0.15, -0.1) is 0 Å². The molecule has 1 aliphatic carbocycles. The van der Waals surface area contributed by atoms with E-state index in [-0.39, 0.29) is 23.8 Å². The van der Waals surface area contributed by atoms with Gasteiger partial charge in [-0.05, 0) is 66.1 Å². The van der Waals surface area contributed by atoms with Crippen LogP contribution in [0.25, 0.3) is 11.1 Å². The van der Waals surface area contributed by atoms with Crippen molar-refractivity contribution >= 4 is 17.8 Å². The van der Waals surface area contributed by atoms with Crippen molar-refractivity contribution in [1.82, 2.24) is 4.98 Å². The Morgan fingerprint density at radius 1 is 1.08 bits per heavy atom. The fourth-order valence-corrected chi connectivity index (χ4v) is 5.16. The first-order valence-electron chi connectivity index (χ1n) is 12.7. The number of rotatable bonds is 11. The van der Waals surface area contributed by atoms with E-state index in [1.54, 1.807) is 24.4 Å². The largest absolute Gasteiger partial charge is 0.504 e. The quantitative estimate of drug-likeness (QED) is 0.406. The number of pyridine rings is 1. The maximum Gasteiger partial charge on any atom is 0.302 e. The van der Waals surface area contributed by atoms with Gasteiger partial charge in [0.25, 0.3) is 0 Å². The summed E-state index contributed by atoms with van der Waals surface area (Å²) < 4.78 is 16.7. The van der Waals surface area contributed by atoms with Crippen molar-refractivity contribution in [2.24, 2.45) is 5.92 Å². The van der Waals surface area contributed by atoms with Crippen LogP contribution in [0.15, 0.2) is 30.5 Å². The normalized spacial score (nSPS) is 15.6. The highest BCUT2D eigenvalue weighted by Gasteiger charge is 2.26. The number of methoxy groups -OCH3 is 1. The monoisotopic (exact) mass is 498 g/mol. The molecule has 0 saturated heterocycles. The van der Waals surface area contributed by atoms with Crippen LogP contribution in [0, 0.1) is 5.92 Å². The van der Waals surface area contributed by atoms with Crippen LogP contribution in [0.2, 0.25) is 0 Å². The smallest absolute Gasteiger partial charge is 0.302 e. The molecule has 1 saturated carbocycles. The van der Waals surface area contributed by atoms with E-state index < -0.39 is 6.10 Å². The second-order valence-electron chi connectivity index (χ2n) is 9.63. The van der Waals surface area contributed by atoms with Gasteiger partial charge in [0.05, 0.1) is 7.11 Å². The van der Waals surface area contributed by atoms with E-state index >= 15 is 0 Å². The number of hydrogen-bond donors (Lipinski definition) is 2. The van der Waals surface area contributed by atoms with Gasteiger partial charge in [0.15, 0.2) is 11.5 Å². The lowest BCUT2D eigenvalue weighted by Gasteiger charge is -2.28. The SMILES string of the molecule is COc1cc(CC[C@H](C[C@H](CC2CCCCC2)OC(C)=O)OC(C)=O)c(-c2ccnc(N)c2)cc1O. The minimum atomic E-state index is -0.425. The van der Waals surface area contributed by atoms with Gasteiger partial charge < -0.3 is 25.1 Å². The molecule has 0 spiro atoms. The predicted octanol–water partition coefficient (Wildman–Crippen LogP) is 5.20. The molecule has 8 nitrogen and oxygen atoms in total. The zero-order valence-corrected chi connectivity index (χ0v) is 21.5. The Hall–Kier alpha value is -3.29. The summed E-state index contributed by atoms with van der Waals surface area (Å²) in [6.45, 7) is 2.81. The van der Waals surface area contributed by atoms with Crippen LogP contribution in [-0.2, 0) is 25.5 Å². The molecule has 1 aliphatic rings. The van der Waals surface area contributed by atoms with Crippen molar-refractivity contribution in [3.05, 3.63) is 36.0 Å². The summed E-state index contributed by atoms with van der Waals surface area (Å²) in [5, 5.41) is 10.4. The summed E-state index contributed by atoms with van der Waals surface area (Å²) in [5.41, 5.74) is 8.41. The average Bonchev–Trinajstić information content (AvgIpc) is 2.82. The molecule has 0 unspecified atom stereocenters. The maximum atomic E-state index is 11.9. The molecule has 1 aromatic heterocycles. The van der Waals surface area contributed by atoms with Crippen molar-refractivity contribution in [3.63, 3.8) is 0 Å². The molecule has 0 aliphatic heterocycles. The third-order valence-electron chi connectivity index (χ3n) is 6.74. The lowest BCUT2D eigenvalue weighted by Crippen LogP contribution is -2.29. The Bertz CT molecular complexity index is 1030. The van der Waals surface area contributed by atoms with Crippen LogP contribution in [-0.4, -0.2) is 41.3 Å². The molecule has 1 aromatic carbocycles. The Labute approximate surface area is 213 Å². The number of carbonyl (C=O) groups excluding carboxylic acids is 2. The van der Waals surface area contributed by atoms with Crippen LogP contribution >= 0.6 is 0 Å². The summed E-state index contributed by atoms with van der Waals surface area (Å²) in [6.07, 6.45) is 9.13. The van der Waals surface area contributed by atoms with Crippen molar-refractivity contribution < 1.29 is 28.9 Å². The molecular weight excluding hydrogens is 460 g/mol. The molecule has 1 fully saturated rings. The highest BCUT2D eigenvalue weighted by Crippen LogP contribution is 2.37. The van der Waals surface area contributed by atoms with Gasteiger partial charge in [-0.3, -0.25) is 9.59 Å². The first kappa shape index (κ1) is 27.3. The minimum Gasteiger partial charge on any atom is -0.504 e. The van der Waals surface area contributed by atoms with E-state index in [0.29, 0.717) is 36.7 Å². The molecule has 2 atom stereocenters. The molecule has 0 radical (unpaired) electrons. The molecular formula is C28H38N2O6. The van der Waals surface area contributed by atoms with E-state index in [4.69, 9.17) is 19.9 Å². The first-order valence-corrected chi connectivity index (χ1v) is 12.7. The molecule has 3 rings (SSSR count). The van der Waals surface area contributed by atoms with Crippen molar-refractivity contribution in [3.8, 4) is 22.6 Å². The maximum absolute atomic E-state index is 11.9. The fraction of sp³-hybridized carbons (Fsp3) is 0.536. The fourth-order valence-electron chi connectivity index (χ4n) is 5.16. The van der Waals surface area contributed by atoms with Gasteiger partial charge in [-0.2, -0.15) is 0 Å². The summed E-state index contributed by atoms with van der Waals surface area (Å²) in [4.78, 5) is 27.8. The van der Waals surface area contributed by atoms with Crippen LogP contribution < -0.4 is 10.5 Å². The number of hydrogen-bond acceptors (Lipinski definition) is 8. The van der Waals surface area contributed by atoms with Gasteiger partial charge in [-0.25, -0.2) is 4.98 Å². The molecule has 0 bridgehead atoms. The number of benzene rings is 1. The van der Waals surface area contributed by atoms with Crippen molar-refractivity contribution in [2.45, 2.75) is 83.8 Å². The number of aryl methyl sites for hydroxylation is 1. The van der Waals surface area contributed by atoms with E-state index in [1.807, 2.05) is 6.07 Å². The average molecular weight is 499 g/mol. The van der Waals surface area contributed by atoms with E-state index in [1.165, 1.54) is 40.2 Å². The van der Waals surface area contributed by atoms with E-state index in [2.05, 4.69) is 4.98 Å². The number of phenols is 1. The van der Waals surface area contributed by atoms with Crippen LogP contribution in [0.4, 0.5) is 5.82 Å². The molecule has 1 heterocycles. The summed E-state index contributed by atoms with van der Waals surface area (Å²) in [6, 6.07) is 7.01. The zero-order valence-electron chi connectivity index (χ0n) is 21.5. The first-order chi connectivity index (χ1) is 17.2. The molecule has 2 aromatic rings. The van der Waals surface area contributed by atoms with Crippen molar-refractivity contribution in [1.29, 1.82) is 0 Å². The third-order valence-corrected chi connectivity index (χ3v) is 6.74. The number of nitrogens with two attached hydrogens (primary N) is 1. The number of anilines is 1. The Kier molecular flexibility index (Phi) is 9.96. The number of esters is 2. The number of carbonyl (C=O) groups is 2. The Morgan fingerprint density at radius 2 is 1.78 bits per heavy atom. The van der Waals surface area contributed by atoms with Crippen LogP contribution in [0.1, 0.15) is 70.8 Å². The van der Waals surface area contributed by atoms with Gasteiger partial charge in [0, 0.05) is 26.5 Å². The van der Waals surface area contributed by atoms with Gasteiger partial charge in [0.1, 0.15) is 18.0 Å². The predicted molar refractivity (Wildman–Crippen MR) is 138 cm³/mol. The molecule has 3 N–H and O–H groups in total. The number of nitrogens with zero attached hydrogens (tertiary/aromatic N) is 1. The van der Waals surface area contributed by atoms with E-state index in [9.17, 15) is 14.7 Å². The second kappa shape index (κ2) is 13.1. The third kappa shape index (κ3) is 8.14. The lowest BCUT2D eigenvalue weighted by molar-refractivity contribution is -0.153. The molecule has 36 heavy (non-hydrogen) atoms. The number of aromatic nitrogens is 1. The van der Waals surface area contributed by atoms with Gasteiger partial charge in [-0.1, -0.05) is 32.1 Å². The standard InChI is InChI=1S/C28H38N2O6/c1-18(31)35-23(16-24(36-19(2)32)13-20-7-5-4-6-8-20)10-9-21-14-27(34-3)26(33)17-25(21)22-11-12-30-28(29)15-22/h11-12,14-15,17,20,23-24,33H,4-10,13,16H2,1-3H3,(H2,29,30)/t23-,24+/m1/s1. The van der Waals surface area contributed by atoms with Crippen molar-refractivity contribution in [2.75, 3.05) is 12.8 Å². The van der Waals surface area contributed by atoms with Crippen LogP contribution in [0.5, 0.6) is 11.5 Å². The summed E-state index contributed by atoms with van der Waals surface area (Å²) >= 11 is 0. The van der Waals surface area contributed by atoms with Crippen LogP contribution in [0.3, 0.4) is 0 Å². The summed E-state index contributed by atoms with van der Waals surface area (Å²) in [5.74, 6) is 0.577. The topological polar surface area (TPSA) is 121 Å². The number of aromatic hydroxyl groups is 1. The zero-order chi connectivity index (χ0) is 26.1. The molecule has 8 heteroatoms. The molecule has 196 valence electrons. The number of phenolic OH excluding ortho intramolecular Hbond substituents is 1. The summed E-state index contributed by atoms with van der Waals surface area (Å²) in [7, 11) is 1.50. The van der Waals surface area contributed by atoms with E-state index in [0.717, 1.165) is 36.0 Å². The molecule has 0 amide bonds. The highest BCUT2D eigenvalue weighted by atomic mass is 16.6. The Morgan fingerprint density at radius 3 is 2.42 bits per heavy atom. The van der Waals surface area contributed by atoms with Gasteiger partial charge in [0.2, 0.25) is 0 Å². The number of nitrogen functional groups attached to an aromatic ring is 1. The Balaban J connectivity index is 1.81. The lowest BCUT2D eigenvalue weighted by atomic mass is 9.84. The minimum absolute atomic E-state index is 0.0190. The second-order valence-corrected chi connectivity index (χ2v) is 9.63. The highest BCUT2D eigenvalue weighted by molar-refractivity contribution is 5.72.